The van der Waals surface area contributed by atoms with E-state index in [1.54, 1.807) is 0 Å². The van der Waals surface area contributed by atoms with E-state index in [2.05, 4.69) is 16.5 Å². The summed E-state index contributed by atoms with van der Waals surface area (Å²) in [7, 11) is 0. The van der Waals surface area contributed by atoms with Crippen LogP contribution in [0, 0.1) is 6.92 Å². The van der Waals surface area contributed by atoms with Crippen LogP contribution in [0.5, 0.6) is 0 Å². The van der Waals surface area contributed by atoms with E-state index in [9.17, 15) is 0 Å². The summed E-state index contributed by atoms with van der Waals surface area (Å²) in [6.45, 7) is 4.05. The van der Waals surface area contributed by atoms with E-state index < -0.39 is 0 Å². The quantitative estimate of drug-likeness (QED) is 0.613. The Kier molecular flexibility index (Phi) is 1.85. The topological polar surface area (TPSA) is 29.9 Å². The zero-order valence-electron chi connectivity index (χ0n) is 5.79. The van der Waals surface area contributed by atoms with Gasteiger partial charge in [-0.15, -0.1) is 12.4 Å². The maximum atomic E-state index is 4.25. The van der Waals surface area contributed by atoms with Crippen molar-refractivity contribution in [3.05, 3.63) is 11.8 Å². The molecule has 1 N–H and O–H groups in total. The second-order valence-corrected chi connectivity index (χ2v) is 2.32. The normalized spacial score (nSPS) is 13.7. The second kappa shape index (κ2) is 2.50. The van der Waals surface area contributed by atoms with Crippen LogP contribution in [0.1, 0.15) is 5.69 Å². The third kappa shape index (κ3) is 0.968. The maximum Gasteiger partial charge on any atom is 0.124 e. The third-order valence-electron chi connectivity index (χ3n) is 1.53. The minimum atomic E-state index is 0. The molecule has 0 aliphatic carbocycles. The molecule has 3 nitrogen and oxygen atoms in total. The van der Waals surface area contributed by atoms with Gasteiger partial charge in [0.05, 0.1) is 12.2 Å². The molecule has 0 saturated carbocycles. The standard InChI is InChI=1S/C6H9N3.ClH/c1-5-4-6-7-2-3-9(6)8-5;/h4,7H,2-3H2,1H3;1H. The van der Waals surface area contributed by atoms with E-state index in [1.165, 1.54) is 0 Å². The highest BCUT2D eigenvalue weighted by Gasteiger charge is 2.09. The van der Waals surface area contributed by atoms with Gasteiger partial charge in [0, 0.05) is 12.6 Å². The van der Waals surface area contributed by atoms with Crippen molar-refractivity contribution in [3.63, 3.8) is 0 Å². The molecular formula is C6H10ClN3. The first-order chi connectivity index (χ1) is 4.36. The molecule has 4 heteroatoms. The van der Waals surface area contributed by atoms with Gasteiger partial charge < -0.3 is 5.32 Å². The molecule has 1 aromatic rings. The van der Waals surface area contributed by atoms with Gasteiger partial charge in [0.2, 0.25) is 0 Å². The molecule has 0 radical (unpaired) electrons. The third-order valence-corrected chi connectivity index (χ3v) is 1.53. The van der Waals surface area contributed by atoms with Crippen LogP contribution in [0.2, 0.25) is 0 Å². The number of nitrogens with zero attached hydrogens (tertiary/aromatic N) is 2. The average molecular weight is 160 g/mol. The lowest BCUT2D eigenvalue weighted by molar-refractivity contribution is 0.688. The molecule has 10 heavy (non-hydrogen) atoms. The Hall–Kier alpha value is -0.700. The van der Waals surface area contributed by atoms with Crippen molar-refractivity contribution < 1.29 is 0 Å². The minimum Gasteiger partial charge on any atom is -0.368 e. The molecule has 0 fully saturated rings. The summed E-state index contributed by atoms with van der Waals surface area (Å²) in [4.78, 5) is 0. The van der Waals surface area contributed by atoms with Crippen molar-refractivity contribution >= 4 is 18.2 Å². The van der Waals surface area contributed by atoms with E-state index >= 15 is 0 Å². The number of anilines is 1. The Morgan fingerprint density at radius 1 is 1.70 bits per heavy atom. The number of hydrogen-bond donors (Lipinski definition) is 1. The monoisotopic (exact) mass is 159 g/mol. The zero-order chi connectivity index (χ0) is 6.27. The van der Waals surface area contributed by atoms with Crippen LogP contribution >= 0.6 is 12.4 Å². The number of aryl methyl sites for hydroxylation is 1. The van der Waals surface area contributed by atoms with Crippen molar-refractivity contribution in [2.75, 3.05) is 11.9 Å². The van der Waals surface area contributed by atoms with Crippen molar-refractivity contribution in [3.8, 4) is 0 Å². The fourth-order valence-electron chi connectivity index (χ4n) is 1.15. The molecule has 0 aromatic carbocycles. The lowest BCUT2D eigenvalue weighted by Crippen LogP contribution is -1.96. The molecule has 1 aliphatic rings. The molecule has 1 aromatic heterocycles. The van der Waals surface area contributed by atoms with E-state index in [1.807, 2.05) is 11.6 Å². The van der Waals surface area contributed by atoms with Crippen LogP contribution in [0.3, 0.4) is 0 Å². The fourth-order valence-corrected chi connectivity index (χ4v) is 1.15. The average Bonchev–Trinajstić information content (AvgIpc) is 2.22. The lowest BCUT2D eigenvalue weighted by Gasteiger charge is -1.87. The molecule has 0 atom stereocenters. The SMILES string of the molecule is Cc1cc2n(n1)CCN2.Cl. The predicted molar refractivity (Wildman–Crippen MR) is 42.7 cm³/mol. The summed E-state index contributed by atoms with van der Waals surface area (Å²) in [6.07, 6.45) is 0. The molecule has 0 amide bonds. The van der Waals surface area contributed by atoms with Crippen LogP contribution in [0.15, 0.2) is 6.07 Å². The second-order valence-electron chi connectivity index (χ2n) is 2.32. The summed E-state index contributed by atoms with van der Waals surface area (Å²) >= 11 is 0. The van der Waals surface area contributed by atoms with Gasteiger partial charge in [-0.3, -0.25) is 0 Å². The van der Waals surface area contributed by atoms with Gasteiger partial charge in [0.25, 0.3) is 0 Å². The van der Waals surface area contributed by atoms with Crippen molar-refractivity contribution in [1.82, 2.24) is 9.78 Å². The number of nitrogens with one attached hydrogen (secondary N) is 1. The molecule has 2 rings (SSSR count). The Labute approximate surface area is 65.8 Å². The molecule has 0 saturated heterocycles. The molecule has 0 spiro atoms. The van der Waals surface area contributed by atoms with Crippen LogP contribution < -0.4 is 5.32 Å². The number of fused-ring (bicyclic) bond motifs is 1. The number of hydrogen-bond acceptors (Lipinski definition) is 2. The molecule has 56 valence electrons. The fraction of sp³-hybridized carbons (Fsp3) is 0.500. The largest absolute Gasteiger partial charge is 0.368 e. The number of aromatic nitrogens is 2. The van der Waals surface area contributed by atoms with Crippen molar-refractivity contribution in [2.45, 2.75) is 13.5 Å². The summed E-state index contributed by atoms with van der Waals surface area (Å²) < 4.78 is 2.00. The van der Waals surface area contributed by atoms with Crippen LogP contribution in [-0.4, -0.2) is 16.3 Å². The molecule has 0 bridgehead atoms. The lowest BCUT2D eigenvalue weighted by atomic mass is 10.5. The van der Waals surface area contributed by atoms with Crippen molar-refractivity contribution in [2.24, 2.45) is 0 Å². The van der Waals surface area contributed by atoms with Gasteiger partial charge in [0.1, 0.15) is 5.82 Å². The Morgan fingerprint density at radius 3 is 3.20 bits per heavy atom. The van der Waals surface area contributed by atoms with Gasteiger partial charge in [-0.25, -0.2) is 4.68 Å². The summed E-state index contributed by atoms with van der Waals surface area (Å²) in [5, 5.41) is 7.47. The number of halogens is 1. The summed E-state index contributed by atoms with van der Waals surface area (Å²) in [6, 6.07) is 2.06. The summed E-state index contributed by atoms with van der Waals surface area (Å²) in [5.41, 5.74) is 1.09. The zero-order valence-corrected chi connectivity index (χ0v) is 6.61. The highest BCUT2D eigenvalue weighted by molar-refractivity contribution is 5.85. The van der Waals surface area contributed by atoms with Crippen LogP contribution in [0.4, 0.5) is 5.82 Å². The molecular weight excluding hydrogens is 150 g/mol. The highest BCUT2D eigenvalue weighted by Crippen LogP contribution is 2.13. The molecule has 0 unspecified atom stereocenters. The Morgan fingerprint density at radius 2 is 2.50 bits per heavy atom. The first-order valence-electron chi connectivity index (χ1n) is 3.14. The van der Waals surface area contributed by atoms with E-state index in [-0.39, 0.29) is 12.4 Å². The van der Waals surface area contributed by atoms with Gasteiger partial charge in [-0.05, 0) is 6.92 Å². The van der Waals surface area contributed by atoms with E-state index in [0.717, 1.165) is 24.6 Å². The highest BCUT2D eigenvalue weighted by atomic mass is 35.5. The van der Waals surface area contributed by atoms with Gasteiger partial charge in [0.15, 0.2) is 0 Å². The van der Waals surface area contributed by atoms with Gasteiger partial charge in [-0.2, -0.15) is 5.10 Å². The molecule has 2 heterocycles. The Balaban J connectivity index is 0.000000500. The van der Waals surface area contributed by atoms with Crippen LogP contribution in [0.25, 0.3) is 0 Å². The maximum absolute atomic E-state index is 4.25. The predicted octanol–water partition coefficient (Wildman–Crippen LogP) is 1.04. The van der Waals surface area contributed by atoms with E-state index in [4.69, 9.17) is 0 Å². The number of rotatable bonds is 0. The minimum absolute atomic E-state index is 0. The summed E-state index contributed by atoms with van der Waals surface area (Å²) in [5.74, 6) is 1.16. The first-order valence-corrected chi connectivity index (χ1v) is 3.14. The van der Waals surface area contributed by atoms with Crippen LogP contribution in [-0.2, 0) is 6.54 Å². The smallest absolute Gasteiger partial charge is 0.124 e. The van der Waals surface area contributed by atoms with Crippen molar-refractivity contribution in [1.29, 1.82) is 0 Å². The van der Waals surface area contributed by atoms with Gasteiger partial charge in [-0.1, -0.05) is 0 Å². The Bertz CT molecular complexity index is 209. The van der Waals surface area contributed by atoms with E-state index in [0.29, 0.717) is 0 Å². The van der Waals surface area contributed by atoms with Gasteiger partial charge >= 0.3 is 0 Å². The first kappa shape index (κ1) is 7.41. The molecule has 1 aliphatic heterocycles.